The minimum absolute atomic E-state index is 0.0479. The van der Waals surface area contributed by atoms with Crippen LogP contribution in [0.2, 0.25) is 0 Å². The van der Waals surface area contributed by atoms with Gasteiger partial charge in [-0.05, 0) is 6.92 Å². The van der Waals surface area contributed by atoms with Crippen LogP contribution >= 0.6 is 0 Å². The molecular weight excluding hydrogens is 172 g/mol. The van der Waals surface area contributed by atoms with Gasteiger partial charge in [0.05, 0.1) is 6.61 Å². The largest absolute Gasteiger partial charge is 0.395 e. The smallest absolute Gasteiger partial charge is 0.291 e. The molecule has 6 nitrogen and oxygen atoms in total. The Labute approximate surface area is 75.6 Å². The molecule has 0 fully saturated rings. The minimum Gasteiger partial charge on any atom is -0.395 e. The Morgan fingerprint density at radius 1 is 1.77 bits per heavy atom. The number of aromatic nitrogens is 3. The van der Waals surface area contributed by atoms with E-state index in [1.54, 1.807) is 0 Å². The number of carbonyl (C=O) groups excluding carboxylic acids is 1. The first-order valence-corrected chi connectivity index (χ1v) is 4.05. The number of rotatable bonds is 4. The molecule has 0 unspecified atom stereocenters. The second-order valence-electron chi connectivity index (χ2n) is 2.44. The third-order valence-corrected chi connectivity index (χ3v) is 1.66. The Morgan fingerprint density at radius 2 is 2.54 bits per heavy atom. The van der Waals surface area contributed by atoms with Gasteiger partial charge in [0.1, 0.15) is 6.33 Å². The lowest BCUT2D eigenvalue weighted by molar-refractivity contribution is 0.0720. The Hall–Kier alpha value is -1.43. The Bertz CT molecular complexity index is 259. The number of hydrogen-bond donors (Lipinski definition) is 2. The lowest BCUT2D eigenvalue weighted by Gasteiger charge is -2.17. The molecule has 13 heavy (non-hydrogen) atoms. The van der Waals surface area contributed by atoms with Crippen LogP contribution < -0.4 is 0 Å². The van der Waals surface area contributed by atoms with Crippen molar-refractivity contribution in [3.8, 4) is 0 Å². The molecule has 6 heteroatoms. The van der Waals surface area contributed by atoms with Gasteiger partial charge in [-0.3, -0.25) is 9.89 Å². The van der Waals surface area contributed by atoms with Crippen molar-refractivity contribution in [3.63, 3.8) is 0 Å². The summed E-state index contributed by atoms with van der Waals surface area (Å²) in [5.74, 6) is -0.0376. The number of carbonyl (C=O) groups is 1. The average Bonchev–Trinajstić information content (AvgIpc) is 2.65. The van der Waals surface area contributed by atoms with Crippen molar-refractivity contribution in [1.82, 2.24) is 20.1 Å². The summed E-state index contributed by atoms with van der Waals surface area (Å²) in [6, 6.07) is 0. The minimum atomic E-state index is -0.242. The molecular formula is C7H12N4O2. The van der Waals surface area contributed by atoms with E-state index in [9.17, 15) is 4.79 Å². The number of aromatic amines is 1. The highest BCUT2D eigenvalue weighted by Crippen LogP contribution is 1.96. The zero-order chi connectivity index (χ0) is 9.68. The highest BCUT2D eigenvalue weighted by molar-refractivity contribution is 5.90. The van der Waals surface area contributed by atoms with Crippen LogP contribution in [0.1, 0.15) is 17.5 Å². The van der Waals surface area contributed by atoms with E-state index >= 15 is 0 Å². The maximum Gasteiger partial charge on any atom is 0.291 e. The molecule has 0 aliphatic heterocycles. The van der Waals surface area contributed by atoms with Crippen molar-refractivity contribution in [2.24, 2.45) is 0 Å². The number of aliphatic hydroxyl groups is 1. The van der Waals surface area contributed by atoms with Gasteiger partial charge < -0.3 is 10.0 Å². The van der Waals surface area contributed by atoms with Gasteiger partial charge in [0.15, 0.2) is 0 Å². The molecule has 72 valence electrons. The third-order valence-electron chi connectivity index (χ3n) is 1.66. The summed E-state index contributed by atoms with van der Waals surface area (Å²) in [6.45, 7) is 2.65. The van der Waals surface area contributed by atoms with Crippen LogP contribution in [0.25, 0.3) is 0 Å². The Kier molecular flexibility index (Phi) is 3.39. The number of aliphatic hydroxyl groups excluding tert-OH is 1. The van der Waals surface area contributed by atoms with Gasteiger partial charge in [-0.25, -0.2) is 4.98 Å². The van der Waals surface area contributed by atoms with Crippen molar-refractivity contribution in [1.29, 1.82) is 0 Å². The first kappa shape index (κ1) is 9.66. The molecule has 0 aliphatic rings. The number of nitrogens with one attached hydrogen (secondary N) is 1. The topological polar surface area (TPSA) is 82.1 Å². The number of H-pyrrole nitrogens is 1. The highest BCUT2D eigenvalue weighted by Gasteiger charge is 2.15. The summed E-state index contributed by atoms with van der Waals surface area (Å²) < 4.78 is 0. The molecule has 0 atom stereocenters. The molecule has 0 bridgehead atoms. The predicted molar refractivity (Wildman–Crippen MR) is 45.0 cm³/mol. The fraction of sp³-hybridized carbons (Fsp3) is 0.571. The summed E-state index contributed by atoms with van der Waals surface area (Å²) in [5, 5.41) is 14.7. The molecule has 0 aromatic carbocycles. The zero-order valence-corrected chi connectivity index (χ0v) is 7.40. The van der Waals surface area contributed by atoms with Crippen LogP contribution in [-0.4, -0.2) is 50.8 Å². The highest BCUT2D eigenvalue weighted by atomic mass is 16.3. The van der Waals surface area contributed by atoms with E-state index < -0.39 is 0 Å². The zero-order valence-electron chi connectivity index (χ0n) is 7.40. The number of amides is 1. The molecule has 0 spiro atoms. The summed E-state index contributed by atoms with van der Waals surface area (Å²) in [6.07, 6.45) is 1.28. The van der Waals surface area contributed by atoms with Crippen LogP contribution in [0.4, 0.5) is 0 Å². The van der Waals surface area contributed by atoms with Crippen LogP contribution in [-0.2, 0) is 0 Å². The van der Waals surface area contributed by atoms with E-state index in [0.29, 0.717) is 13.1 Å². The normalized spacial score (nSPS) is 10.0. The Balaban J connectivity index is 2.65. The van der Waals surface area contributed by atoms with E-state index in [0.717, 1.165) is 0 Å². The van der Waals surface area contributed by atoms with E-state index in [1.165, 1.54) is 11.2 Å². The molecule has 0 aliphatic carbocycles. The summed E-state index contributed by atoms with van der Waals surface area (Å²) in [4.78, 5) is 16.7. The fourth-order valence-corrected chi connectivity index (χ4v) is 0.982. The van der Waals surface area contributed by atoms with Gasteiger partial charge in [-0.2, -0.15) is 5.10 Å². The van der Waals surface area contributed by atoms with Crippen molar-refractivity contribution >= 4 is 5.91 Å². The number of hydrogen-bond acceptors (Lipinski definition) is 4. The molecule has 1 aromatic rings. The second kappa shape index (κ2) is 4.56. The van der Waals surface area contributed by atoms with Crippen molar-refractivity contribution < 1.29 is 9.90 Å². The van der Waals surface area contributed by atoms with Gasteiger partial charge >= 0.3 is 0 Å². The monoisotopic (exact) mass is 184 g/mol. The van der Waals surface area contributed by atoms with Crippen LogP contribution in [0, 0.1) is 0 Å². The van der Waals surface area contributed by atoms with Gasteiger partial charge in [0, 0.05) is 13.1 Å². The third kappa shape index (κ3) is 2.25. The van der Waals surface area contributed by atoms with E-state index in [-0.39, 0.29) is 18.3 Å². The van der Waals surface area contributed by atoms with E-state index in [2.05, 4.69) is 15.2 Å². The SMILES string of the molecule is CCN(CCO)C(=O)c1ncn[nH]1. The second-order valence-corrected chi connectivity index (χ2v) is 2.44. The maximum atomic E-state index is 11.5. The van der Waals surface area contributed by atoms with Crippen molar-refractivity contribution in [2.75, 3.05) is 19.7 Å². The van der Waals surface area contributed by atoms with Gasteiger partial charge in [0.25, 0.3) is 5.91 Å². The Morgan fingerprint density at radius 3 is 3.00 bits per heavy atom. The maximum absolute atomic E-state index is 11.5. The molecule has 2 N–H and O–H groups in total. The summed E-state index contributed by atoms with van der Waals surface area (Å²) in [5.41, 5.74) is 0. The first-order chi connectivity index (χ1) is 6.29. The van der Waals surface area contributed by atoms with Crippen LogP contribution in [0.3, 0.4) is 0 Å². The van der Waals surface area contributed by atoms with E-state index in [1.807, 2.05) is 6.92 Å². The first-order valence-electron chi connectivity index (χ1n) is 4.05. The molecule has 1 aromatic heterocycles. The van der Waals surface area contributed by atoms with Crippen LogP contribution in [0.15, 0.2) is 6.33 Å². The summed E-state index contributed by atoms with van der Waals surface area (Å²) >= 11 is 0. The standard InChI is InChI=1S/C7H12N4O2/c1-2-11(3-4-12)7(13)6-8-5-9-10-6/h5,12H,2-4H2,1H3,(H,8,9,10). The summed E-state index contributed by atoms with van der Waals surface area (Å²) in [7, 11) is 0. The molecule has 1 amide bonds. The number of likely N-dealkylation sites (N-methyl/N-ethyl adjacent to an activating group) is 1. The van der Waals surface area contributed by atoms with Gasteiger partial charge in [-0.15, -0.1) is 0 Å². The van der Waals surface area contributed by atoms with Gasteiger partial charge in [0.2, 0.25) is 5.82 Å². The van der Waals surface area contributed by atoms with Crippen LogP contribution in [0.5, 0.6) is 0 Å². The van der Waals surface area contributed by atoms with Gasteiger partial charge in [-0.1, -0.05) is 0 Å². The molecule has 0 saturated heterocycles. The predicted octanol–water partition coefficient (Wildman–Crippen LogP) is -0.741. The van der Waals surface area contributed by atoms with Crippen molar-refractivity contribution in [3.05, 3.63) is 12.2 Å². The fourth-order valence-electron chi connectivity index (χ4n) is 0.982. The molecule has 1 heterocycles. The molecule has 0 radical (unpaired) electrons. The molecule has 1 rings (SSSR count). The lowest BCUT2D eigenvalue weighted by atomic mass is 10.4. The van der Waals surface area contributed by atoms with E-state index in [4.69, 9.17) is 5.11 Å². The van der Waals surface area contributed by atoms with Crippen molar-refractivity contribution in [2.45, 2.75) is 6.92 Å². The lowest BCUT2D eigenvalue weighted by Crippen LogP contribution is -2.34. The number of nitrogens with zero attached hydrogens (tertiary/aromatic N) is 3. The quantitative estimate of drug-likeness (QED) is 0.645. The molecule has 0 saturated carbocycles. The average molecular weight is 184 g/mol.